The van der Waals surface area contributed by atoms with Crippen molar-refractivity contribution in [2.45, 2.75) is 19.9 Å². The SMILES string of the molecule is CCCn1cc(NC(=O)CN)ccc1=O. The van der Waals surface area contributed by atoms with Crippen molar-refractivity contribution in [1.82, 2.24) is 4.57 Å². The van der Waals surface area contributed by atoms with Crippen LogP contribution in [0.3, 0.4) is 0 Å². The third-order valence-electron chi connectivity index (χ3n) is 1.92. The van der Waals surface area contributed by atoms with Crippen molar-refractivity contribution in [3.05, 3.63) is 28.7 Å². The molecule has 0 aliphatic rings. The van der Waals surface area contributed by atoms with E-state index in [1.165, 1.54) is 6.07 Å². The van der Waals surface area contributed by atoms with E-state index in [1.54, 1.807) is 16.8 Å². The minimum atomic E-state index is -0.267. The summed E-state index contributed by atoms with van der Waals surface area (Å²) in [6.45, 7) is 2.57. The fourth-order valence-electron chi connectivity index (χ4n) is 1.23. The van der Waals surface area contributed by atoms with Crippen LogP contribution in [0.4, 0.5) is 5.69 Å². The number of amides is 1. The van der Waals surface area contributed by atoms with Crippen molar-refractivity contribution >= 4 is 11.6 Å². The number of carbonyl (C=O) groups is 1. The number of aryl methyl sites for hydroxylation is 1. The Hall–Kier alpha value is -1.62. The van der Waals surface area contributed by atoms with Crippen LogP contribution in [0.1, 0.15) is 13.3 Å². The predicted molar refractivity (Wildman–Crippen MR) is 58.7 cm³/mol. The molecule has 0 radical (unpaired) electrons. The van der Waals surface area contributed by atoms with E-state index >= 15 is 0 Å². The molecule has 0 aliphatic heterocycles. The van der Waals surface area contributed by atoms with Gasteiger partial charge in [0.2, 0.25) is 5.91 Å². The molecule has 0 atom stereocenters. The van der Waals surface area contributed by atoms with Crippen LogP contribution in [0.25, 0.3) is 0 Å². The number of nitrogens with zero attached hydrogens (tertiary/aromatic N) is 1. The first-order valence-electron chi connectivity index (χ1n) is 4.87. The van der Waals surface area contributed by atoms with Gasteiger partial charge >= 0.3 is 0 Å². The summed E-state index contributed by atoms with van der Waals surface area (Å²) < 4.78 is 1.56. The van der Waals surface area contributed by atoms with Crippen molar-refractivity contribution in [1.29, 1.82) is 0 Å². The zero-order valence-corrected chi connectivity index (χ0v) is 8.69. The fraction of sp³-hybridized carbons (Fsp3) is 0.400. The third-order valence-corrected chi connectivity index (χ3v) is 1.92. The van der Waals surface area contributed by atoms with E-state index in [4.69, 9.17) is 5.73 Å². The zero-order chi connectivity index (χ0) is 11.3. The highest BCUT2D eigenvalue weighted by Gasteiger charge is 2.01. The Bertz CT molecular complexity index is 398. The van der Waals surface area contributed by atoms with E-state index in [-0.39, 0.29) is 18.0 Å². The van der Waals surface area contributed by atoms with Crippen molar-refractivity contribution in [3.63, 3.8) is 0 Å². The Kier molecular flexibility index (Phi) is 4.05. The first-order chi connectivity index (χ1) is 7.17. The number of aromatic nitrogens is 1. The molecule has 0 aromatic carbocycles. The molecular weight excluding hydrogens is 194 g/mol. The number of rotatable bonds is 4. The highest BCUT2D eigenvalue weighted by molar-refractivity contribution is 5.91. The lowest BCUT2D eigenvalue weighted by molar-refractivity contribution is -0.114. The van der Waals surface area contributed by atoms with Gasteiger partial charge in [-0.25, -0.2) is 0 Å². The van der Waals surface area contributed by atoms with Crippen molar-refractivity contribution < 1.29 is 4.79 Å². The number of hydrogen-bond donors (Lipinski definition) is 2. The topological polar surface area (TPSA) is 77.1 Å². The number of anilines is 1. The van der Waals surface area contributed by atoms with Gasteiger partial charge in [0, 0.05) is 18.8 Å². The van der Waals surface area contributed by atoms with Crippen molar-refractivity contribution in [3.8, 4) is 0 Å². The number of pyridine rings is 1. The van der Waals surface area contributed by atoms with Crippen molar-refractivity contribution in [2.75, 3.05) is 11.9 Å². The Morgan fingerprint density at radius 3 is 2.87 bits per heavy atom. The van der Waals surface area contributed by atoms with Crippen LogP contribution in [0.5, 0.6) is 0 Å². The summed E-state index contributed by atoms with van der Waals surface area (Å²) in [7, 11) is 0. The Morgan fingerprint density at radius 2 is 2.27 bits per heavy atom. The number of carbonyl (C=O) groups excluding carboxylic acids is 1. The van der Waals surface area contributed by atoms with E-state index in [0.29, 0.717) is 12.2 Å². The predicted octanol–water partition coefficient (Wildman–Crippen LogP) is 0.155. The van der Waals surface area contributed by atoms with E-state index in [0.717, 1.165) is 6.42 Å². The van der Waals surface area contributed by atoms with Gasteiger partial charge in [0.1, 0.15) is 0 Å². The second-order valence-corrected chi connectivity index (χ2v) is 3.20. The molecule has 82 valence electrons. The van der Waals surface area contributed by atoms with Gasteiger partial charge in [0.15, 0.2) is 0 Å². The fourth-order valence-corrected chi connectivity index (χ4v) is 1.23. The standard InChI is InChI=1S/C10H15N3O2/c1-2-5-13-7-8(3-4-10(13)15)12-9(14)6-11/h3-4,7H,2,5-6,11H2,1H3,(H,12,14). The summed E-state index contributed by atoms with van der Waals surface area (Å²) in [5.41, 5.74) is 5.69. The quantitative estimate of drug-likeness (QED) is 0.741. The molecule has 1 amide bonds. The molecule has 0 saturated heterocycles. The molecule has 1 aromatic rings. The first kappa shape index (κ1) is 11.5. The highest BCUT2D eigenvalue weighted by atomic mass is 16.2. The molecular formula is C10H15N3O2. The van der Waals surface area contributed by atoms with E-state index in [9.17, 15) is 9.59 Å². The maximum absolute atomic E-state index is 11.3. The number of nitrogens with two attached hydrogens (primary N) is 1. The van der Waals surface area contributed by atoms with Crippen LogP contribution in [0, 0.1) is 0 Å². The molecule has 0 unspecified atom stereocenters. The van der Waals surface area contributed by atoms with Crippen LogP contribution in [-0.2, 0) is 11.3 Å². The minimum absolute atomic E-state index is 0.0626. The Balaban J connectivity index is 2.87. The minimum Gasteiger partial charge on any atom is -0.324 e. The number of nitrogens with one attached hydrogen (secondary N) is 1. The monoisotopic (exact) mass is 209 g/mol. The van der Waals surface area contributed by atoms with Crippen LogP contribution in [0.15, 0.2) is 23.1 Å². The lowest BCUT2D eigenvalue weighted by Gasteiger charge is -2.07. The normalized spacial score (nSPS) is 10.0. The number of hydrogen-bond acceptors (Lipinski definition) is 3. The molecule has 0 bridgehead atoms. The van der Waals surface area contributed by atoms with Gasteiger partial charge in [-0.05, 0) is 12.5 Å². The van der Waals surface area contributed by atoms with E-state index in [1.807, 2.05) is 6.92 Å². The average molecular weight is 209 g/mol. The molecule has 5 nitrogen and oxygen atoms in total. The smallest absolute Gasteiger partial charge is 0.250 e. The van der Waals surface area contributed by atoms with Gasteiger partial charge in [-0.3, -0.25) is 9.59 Å². The summed E-state index contributed by atoms with van der Waals surface area (Å²) in [5, 5.41) is 2.59. The lowest BCUT2D eigenvalue weighted by Crippen LogP contribution is -2.24. The summed E-state index contributed by atoms with van der Waals surface area (Å²) in [4.78, 5) is 22.4. The maximum atomic E-state index is 11.3. The molecule has 5 heteroatoms. The van der Waals surface area contributed by atoms with Gasteiger partial charge in [-0.15, -0.1) is 0 Å². The molecule has 0 saturated carbocycles. The molecule has 3 N–H and O–H groups in total. The molecule has 15 heavy (non-hydrogen) atoms. The molecule has 0 aliphatic carbocycles. The van der Waals surface area contributed by atoms with Crippen molar-refractivity contribution in [2.24, 2.45) is 5.73 Å². The zero-order valence-electron chi connectivity index (χ0n) is 8.69. The van der Waals surface area contributed by atoms with Crippen LogP contribution in [-0.4, -0.2) is 17.0 Å². The second kappa shape index (κ2) is 5.31. The molecule has 1 heterocycles. The second-order valence-electron chi connectivity index (χ2n) is 3.20. The van der Waals surface area contributed by atoms with Crippen LogP contribution >= 0.6 is 0 Å². The summed E-state index contributed by atoms with van der Waals surface area (Å²) >= 11 is 0. The summed E-state index contributed by atoms with van der Waals surface area (Å²) in [6, 6.07) is 3.00. The molecule has 1 rings (SSSR count). The highest BCUT2D eigenvalue weighted by Crippen LogP contribution is 2.03. The lowest BCUT2D eigenvalue weighted by atomic mass is 10.3. The maximum Gasteiger partial charge on any atom is 0.250 e. The van der Waals surface area contributed by atoms with Gasteiger partial charge in [0.25, 0.3) is 5.56 Å². The van der Waals surface area contributed by atoms with Gasteiger partial charge in [-0.1, -0.05) is 6.92 Å². The molecule has 1 aromatic heterocycles. The van der Waals surface area contributed by atoms with Gasteiger partial charge in [0.05, 0.1) is 12.2 Å². The van der Waals surface area contributed by atoms with Gasteiger partial charge in [-0.2, -0.15) is 0 Å². The van der Waals surface area contributed by atoms with E-state index < -0.39 is 0 Å². The molecule has 0 fully saturated rings. The summed E-state index contributed by atoms with van der Waals surface area (Å²) in [6.07, 6.45) is 2.49. The van der Waals surface area contributed by atoms with Gasteiger partial charge < -0.3 is 15.6 Å². The summed E-state index contributed by atoms with van der Waals surface area (Å²) in [5.74, 6) is -0.267. The molecule has 0 spiro atoms. The average Bonchev–Trinajstić information content (AvgIpc) is 2.23. The Labute approximate surface area is 87.9 Å². The third kappa shape index (κ3) is 3.21. The Morgan fingerprint density at radius 1 is 1.53 bits per heavy atom. The van der Waals surface area contributed by atoms with Crippen LogP contribution in [0.2, 0.25) is 0 Å². The first-order valence-corrected chi connectivity index (χ1v) is 4.87. The largest absolute Gasteiger partial charge is 0.324 e. The van der Waals surface area contributed by atoms with Crippen LogP contribution < -0.4 is 16.6 Å². The van der Waals surface area contributed by atoms with E-state index in [2.05, 4.69) is 5.32 Å².